The van der Waals surface area contributed by atoms with E-state index in [1.807, 2.05) is 31.2 Å². The van der Waals surface area contributed by atoms with Crippen LogP contribution in [0, 0.1) is 6.92 Å². The molecule has 3 amide bonds. The molecule has 1 aliphatic heterocycles. The molecule has 0 saturated carbocycles. The molecule has 0 bridgehead atoms. The average Bonchev–Trinajstić information content (AvgIpc) is 2.81. The molecule has 0 radical (unpaired) electrons. The molecule has 1 fully saturated rings. The van der Waals surface area contributed by atoms with Crippen molar-refractivity contribution >= 4 is 40.8 Å². The number of rotatable bonds is 5. The molecular formula is C19H18Cl2N2O3. The lowest BCUT2D eigenvalue weighted by Crippen LogP contribution is -2.36. The van der Waals surface area contributed by atoms with E-state index in [1.54, 1.807) is 25.1 Å². The highest BCUT2D eigenvalue weighted by molar-refractivity contribution is 6.35. The smallest absolute Gasteiger partial charge is 0.332 e. The molecule has 0 aliphatic carbocycles. The third-order valence-electron chi connectivity index (χ3n) is 4.23. The summed E-state index contributed by atoms with van der Waals surface area (Å²) >= 11 is 11.9. The van der Waals surface area contributed by atoms with Crippen molar-refractivity contribution in [2.24, 2.45) is 0 Å². The number of ether oxygens (including phenoxy) is 1. The molecule has 3 rings (SSSR count). The fourth-order valence-electron chi connectivity index (χ4n) is 2.81. The number of carbonyl (C=O) groups excluding carboxylic acids is 2. The molecule has 1 saturated heterocycles. The van der Waals surface area contributed by atoms with Gasteiger partial charge in [-0.3, -0.25) is 14.6 Å². The Hall–Kier alpha value is -2.24. The minimum Gasteiger partial charge on any atom is -0.490 e. The Kier molecular flexibility index (Phi) is 5.39. The molecule has 7 heteroatoms. The number of aryl methyl sites for hydroxylation is 1. The van der Waals surface area contributed by atoms with E-state index >= 15 is 0 Å². The van der Waals surface area contributed by atoms with E-state index in [9.17, 15) is 9.59 Å². The van der Waals surface area contributed by atoms with Gasteiger partial charge in [0.2, 0.25) is 0 Å². The summed E-state index contributed by atoms with van der Waals surface area (Å²) in [5, 5.41) is 0.890. The van der Waals surface area contributed by atoms with E-state index in [0.717, 1.165) is 5.56 Å². The summed E-state index contributed by atoms with van der Waals surface area (Å²) in [6, 6.07) is 11.5. The first-order valence-electron chi connectivity index (χ1n) is 8.17. The number of carbonyl (C=O) groups is 2. The first-order chi connectivity index (χ1) is 12.4. The van der Waals surface area contributed by atoms with Crippen molar-refractivity contribution < 1.29 is 14.3 Å². The van der Waals surface area contributed by atoms with Gasteiger partial charge in [0.05, 0.1) is 11.6 Å². The van der Waals surface area contributed by atoms with Gasteiger partial charge in [-0.25, -0.2) is 4.79 Å². The van der Waals surface area contributed by atoms with Gasteiger partial charge in [-0.05, 0) is 44.2 Å². The quantitative estimate of drug-likeness (QED) is 0.701. The molecule has 1 aliphatic rings. The standard InChI is InChI=1S/C19H18Cl2N2O3/c1-12-3-6-15(7-4-12)23-13(2)18(24)22(19(23)25)9-10-26-17-8-5-14(20)11-16(17)21/h3-8,11,13H,9-10H2,1-2H3. The van der Waals surface area contributed by atoms with E-state index in [1.165, 1.54) is 9.80 Å². The second kappa shape index (κ2) is 7.56. The van der Waals surface area contributed by atoms with Gasteiger partial charge < -0.3 is 4.74 Å². The van der Waals surface area contributed by atoms with Crippen LogP contribution in [0.1, 0.15) is 12.5 Å². The maximum atomic E-state index is 12.7. The second-order valence-electron chi connectivity index (χ2n) is 6.08. The zero-order valence-corrected chi connectivity index (χ0v) is 15.9. The minimum atomic E-state index is -0.552. The second-order valence-corrected chi connectivity index (χ2v) is 6.92. The van der Waals surface area contributed by atoms with Gasteiger partial charge in [-0.1, -0.05) is 40.9 Å². The van der Waals surface area contributed by atoms with Crippen molar-refractivity contribution in [1.82, 2.24) is 4.90 Å². The predicted molar refractivity (Wildman–Crippen MR) is 102 cm³/mol. The zero-order chi connectivity index (χ0) is 18.8. The van der Waals surface area contributed by atoms with Gasteiger partial charge in [0.15, 0.2) is 0 Å². The lowest BCUT2D eigenvalue weighted by Gasteiger charge is -2.19. The molecule has 136 valence electrons. The maximum Gasteiger partial charge on any atom is 0.332 e. The summed E-state index contributed by atoms with van der Waals surface area (Å²) in [4.78, 5) is 27.9. The number of urea groups is 1. The van der Waals surface area contributed by atoms with Crippen molar-refractivity contribution in [1.29, 1.82) is 0 Å². The number of imide groups is 1. The van der Waals surface area contributed by atoms with Gasteiger partial charge in [0.1, 0.15) is 18.4 Å². The predicted octanol–water partition coefficient (Wildman–Crippen LogP) is 4.54. The number of hydrogen-bond donors (Lipinski definition) is 0. The first kappa shape index (κ1) is 18.5. The fourth-order valence-corrected chi connectivity index (χ4v) is 3.27. The van der Waals surface area contributed by atoms with Gasteiger partial charge in [0, 0.05) is 10.7 Å². The third kappa shape index (κ3) is 3.64. The van der Waals surface area contributed by atoms with Crippen molar-refractivity contribution in [3.8, 4) is 5.75 Å². The Bertz CT molecular complexity index is 839. The van der Waals surface area contributed by atoms with E-state index in [0.29, 0.717) is 21.5 Å². The van der Waals surface area contributed by atoms with Crippen molar-refractivity contribution in [3.63, 3.8) is 0 Å². The van der Waals surface area contributed by atoms with Crippen LogP contribution in [0.4, 0.5) is 10.5 Å². The lowest BCUT2D eigenvalue weighted by molar-refractivity contribution is -0.127. The Balaban J connectivity index is 1.67. The van der Waals surface area contributed by atoms with Crippen LogP contribution in [0.15, 0.2) is 42.5 Å². The normalized spacial score (nSPS) is 17.2. The van der Waals surface area contributed by atoms with E-state index in [-0.39, 0.29) is 25.1 Å². The Morgan fingerprint density at radius 1 is 1.08 bits per heavy atom. The zero-order valence-electron chi connectivity index (χ0n) is 14.4. The summed E-state index contributed by atoms with van der Waals surface area (Å²) in [6.07, 6.45) is 0. The van der Waals surface area contributed by atoms with E-state index < -0.39 is 6.04 Å². The Morgan fingerprint density at radius 3 is 2.42 bits per heavy atom. The van der Waals surface area contributed by atoms with Crippen LogP contribution in [0.5, 0.6) is 5.75 Å². The average molecular weight is 393 g/mol. The number of benzene rings is 2. The van der Waals surface area contributed by atoms with Crippen LogP contribution < -0.4 is 9.64 Å². The lowest BCUT2D eigenvalue weighted by atomic mass is 10.2. The van der Waals surface area contributed by atoms with Crippen LogP contribution in [-0.2, 0) is 4.79 Å². The highest BCUT2D eigenvalue weighted by atomic mass is 35.5. The van der Waals surface area contributed by atoms with E-state index in [4.69, 9.17) is 27.9 Å². The number of halogens is 2. The summed E-state index contributed by atoms with van der Waals surface area (Å²) in [5.41, 5.74) is 1.79. The van der Waals surface area contributed by atoms with Crippen molar-refractivity contribution in [3.05, 3.63) is 58.1 Å². The Labute approximate surface area is 162 Å². The van der Waals surface area contributed by atoms with Gasteiger partial charge >= 0.3 is 6.03 Å². The molecule has 1 unspecified atom stereocenters. The number of amides is 3. The molecule has 0 spiro atoms. The molecule has 2 aromatic rings. The molecular weight excluding hydrogens is 375 g/mol. The molecule has 2 aromatic carbocycles. The van der Waals surface area contributed by atoms with Crippen molar-refractivity contribution in [2.75, 3.05) is 18.1 Å². The summed E-state index contributed by atoms with van der Waals surface area (Å²) in [7, 11) is 0. The minimum absolute atomic E-state index is 0.142. The molecule has 26 heavy (non-hydrogen) atoms. The largest absolute Gasteiger partial charge is 0.490 e. The van der Waals surface area contributed by atoms with Gasteiger partial charge in [-0.2, -0.15) is 0 Å². The van der Waals surface area contributed by atoms with Crippen LogP contribution in [-0.4, -0.2) is 36.0 Å². The number of hydrogen-bond acceptors (Lipinski definition) is 3. The summed E-state index contributed by atoms with van der Waals surface area (Å²) in [5.74, 6) is 0.208. The molecule has 1 atom stereocenters. The maximum absolute atomic E-state index is 12.7. The fraction of sp³-hybridized carbons (Fsp3) is 0.263. The first-order valence-corrected chi connectivity index (χ1v) is 8.93. The highest BCUT2D eigenvalue weighted by Crippen LogP contribution is 2.28. The Morgan fingerprint density at radius 2 is 1.77 bits per heavy atom. The van der Waals surface area contributed by atoms with Crippen molar-refractivity contribution in [2.45, 2.75) is 19.9 Å². The molecule has 5 nitrogen and oxygen atoms in total. The monoisotopic (exact) mass is 392 g/mol. The molecule has 0 N–H and O–H groups in total. The van der Waals surface area contributed by atoms with Crippen LogP contribution >= 0.6 is 23.2 Å². The van der Waals surface area contributed by atoms with Crippen LogP contribution in [0.2, 0.25) is 10.0 Å². The number of nitrogens with zero attached hydrogens (tertiary/aromatic N) is 2. The van der Waals surface area contributed by atoms with Crippen LogP contribution in [0.25, 0.3) is 0 Å². The summed E-state index contributed by atoms with van der Waals surface area (Å²) < 4.78 is 5.59. The third-order valence-corrected chi connectivity index (χ3v) is 4.76. The SMILES string of the molecule is Cc1ccc(N2C(=O)N(CCOc3ccc(Cl)cc3Cl)C(=O)C2C)cc1. The van der Waals surface area contributed by atoms with E-state index in [2.05, 4.69) is 0 Å². The number of anilines is 1. The molecule has 0 aromatic heterocycles. The topological polar surface area (TPSA) is 49.9 Å². The summed E-state index contributed by atoms with van der Waals surface area (Å²) in [6.45, 7) is 3.98. The van der Waals surface area contributed by atoms with Crippen LogP contribution in [0.3, 0.4) is 0 Å². The van der Waals surface area contributed by atoms with Gasteiger partial charge in [0.25, 0.3) is 5.91 Å². The van der Waals surface area contributed by atoms with Gasteiger partial charge in [-0.15, -0.1) is 0 Å². The highest BCUT2D eigenvalue weighted by Gasteiger charge is 2.43. The molecule has 1 heterocycles.